The first kappa shape index (κ1) is 26.2. The van der Waals surface area contributed by atoms with Crippen LogP contribution in [0.25, 0.3) is 33.7 Å². The van der Waals surface area contributed by atoms with Crippen LogP contribution in [0.5, 0.6) is 0 Å². The number of unbranched alkanes of at least 4 members (excludes halogenated alkanes) is 2. The highest BCUT2D eigenvalue weighted by Gasteiger charge is 2.22. The van der Waals surface area contributed by atoms with Gasteiger partial charge in [0.25, 0.3) is 5.56 Å². The van der Waals surface area contributed by atoms with E-state index in [1.165, 1.54) is 11.7 Å². The summed E-state index contributed by atoms with van der Waals surface area (Å²) in [5, 5.41) is 14.5. The first-order valence-corrected chi connectivity index (χ1v) is 13.1. The number of aromatic amines is 1. The highest BCUT2D eigenvalue weighted by atomic mass is 16.5. The fraction of sp³-hybridized carbons (Fsp3) is 0.357. The Kier molecular flexibility index (Phi) is 7.51. The van der Waals surface area contributed by atoms with Gasteiger partial charge in [0.2, 0.25) is 5.82 Å². The molecule has 1 unspecified atom stereocenters. The number of H-pyrrole nitrogens is 1. The lowest BCUT2D eigenvalue weighted by atomic mass is 9.98. The third-order valence-electron chi connectivity index (χ3n) is 7.09. The zero-order valence-corrected chi connectivity index (χ0v) is 22.6. The van der Waals surface area contributed by atoms with E-state index in [1.807, 2.05) is 53.1 Å². The number of ether oxygens (including phenoxy) is 1. The van der Waals surface area contributed by atoms with Crippen molar-refractivity contribution in [1.82, 2.24) is 39.3 Å². The fourth-order valence-corrected chi connectivity index (χ4v) is 4.88. The van der Waals surface area contributed by atoms with Gasteiger partial charge in [-0.15, -0.1) is 10.2 Å². The zero-order chi connectivity index (χ0) is 27.5. The lowest BCUT2D eigenvalue weighted by Gasteiger charge is -2.15. The molecular formula is C28H32N8O3. The topological polar surface area (TPSA) is 126 Å². The summed E-state index contributed by atoms with van der Waals surface area (Å²) in [7, 11) is 3.12. The number of hydrogen-bond donors (Lipinski definition) is 1. The largest absolute Gasteiger partial charge is 0.361 e. The number of nitrogens with one attached hydrogen (secondary N) is 1. The molecule has 5 rings (SSSR count). The van der Waals surface area contributed by atoms with Crippen molar-refractivity contribution in [3.63, 3.8) is 0 Å². The molecule has 0 aliphatic heterocycles. The van der Waals surface area contributed by atoms with Gasteiger partial charge < -0.3 is 9.30 Å². The molecule has 11 heteroatoms. The van der Waals surface area contributed by atoms with Gasteiger partial charge >= 0.3 is 5.69 Å². The first-order chi connectivity index (χ1) is 18.9. The number of methoxy groups -OCH3 is 1. The molecule has 0 saturated heterocycles. The van der Waals surface area contributed by atoms with E-state index in [1.54, 1.807) is 14.0 Å². The van der Waals surface area contributed by atoms with Crippen LogP contribution in [0.3, 0.4) is 0 Å². The Labute approximate surface area is 225 Å². The average Bonchev–Trinajstić information content (AvgIpc) is 3.62. The molecule has 1 N–H and O–H groups in total. The lowest BCUT2D eigenvalue weighted by Crippen LogP contribution is -2.41. The van der Waals surface area contributed by atoms with Crippen LogP contribution in [0, 0.1) is 0 Å². The highest BCUT2D eigenvalue weighted by molar-refractivity contribution is 5.80. The number of rotatable bonds is 10. The average molecular weight is 529 g/mol. The minimum Gasteiger partial charge on any atom is -0.361 e. The van der Waals surface area contributed by atoms with Gasteiger partial charge in [0, 0.05) is 32.7 Å². The maximum Gasteiger partial charge on any atom is 0.334 e. The second-order valence-electron chi connectivity index (χ2n) is 9.57. The zero-order valence-electron chi connectivity index (χ0n) is 22.6. The fourth-order valence-electron chi connectivity index (χ4n) is 4.88. The van der Waals surface area contributed by atoms with Crippen LogP contribution in [0.15, 0.2) is 58.1 Å². The monoisotopic (exact) mass is 528 g/mol. The third-order valence-corrected chi connectivity index (χ3v) is 7.09. The third kappa shape index (κ3) is 4.92. The molecule has 0 radical (unpaired) electrons. The minimum atomic E-state index is -0.703. The molecule has 39 heavy (non-hydrogen) atoms. The van der Waals surface area contributed by atoms with E-state index in [0.717, 1.165) is 51.9 Å². The quantitative estimate of drug-likeness (QED) is 0.274. The van der Waals surface area contributed by atoms with Crippen molar-refractivity contribution in [3.8, 4) is 22.5 Å². The molecule has 0 aliphatic carbocycles. The second-order valence-corrected chi connectivity index (χ2v) is 9.57. The summed E-state index contributed by atoms with van der Waals surface area (Å²) >= 11 is 0. The molecule has 11 nitrogen and oxygen atoms in total. The van der Waals surface area contributed by atoms with Gasteiger partial charge in [0.1, 0.15) is 12.1 Å². The summed E-state index contributed by atoms with van der Waals surface area (Å²) < 4.78 is 9.88. The van der Waals surface area contributed by atoms with Crippen LogP contribution >= 0.6 is 0 Å². The Balaban J connectivity index is 1.57. The summed E-state index contributed by atoms with van der Waals surface area (Å²) in [5.74, 6) is 1.32. The van der Waals surface area contributed by atoms with E-state index >= 15 is 0 Å². The second kappa shape index (κ2) is 11.2. The molecule has 3 heterocycles. The molecule has 0 amide bonds. The van der Waals surface area contributed by atoms with Gasteiger partial charge in [-0.3, -0.25) is 9.36 Å². The number of hydrogen-bond acceptors (Lipinski definition) is 7. The van der Waals surface area contributed by atoms with Gasteiger partial charge in [-0.25, -0.2) is 14.3 Å². The summed E-state index contributed by atoms with van der Waals surface area (Å²) in [6.07, 6.45) is 3.09. The SMILES string of the molecule is CCCCCc1nc2c(c(=O)n(C(C)OC)c(=O)n2C)n1Cc1ccc(-c2ccccc2-c2nn[nH]n2)cc1. The van der Waals surface area contributed by atoms with Crippen molar-refractivity contribution >= 4 is 11.2 Å². The summed E-state index contributed by atoms with van der Waals surface area (Å²) in [4.78, 5) is 31.4. The molecule has 0 saturated carbocycles. The van der Waals surface area contributed by atoms with Crippen molar-refractivity contribution in [3.05, 3.63) is 80.8 Å². The number of benzene rings is 2. The molecule has 3 aromatic heterocycles. The van der Waals surface area contributed by atoms with Crippen LogP contribution in [0.4, 0.5) is 0 Å². The van der Waals surface area contributed by atoms with Crippen LogP contribution in [-0.4, -0.2) is 46.4 Å². The Bertz CT molecular complexity index is 1700. The van der Waals surface area contributed by atoms with Crippen molar-refractivity contribution in [2.24, 2.45) is 7.05 Å². The maximum absolute atomic E-state index is 13.6. The number of nitrogens with zero attached hydrogens (tertiary/aromatic N) is 7. The normalized spacial score (nSPS) is 12.3. The molecular weight excluding hydrogens is 496 g/mol. The van der Waals surface area contributed by atoms with Gasteiger partial charge in [-0.05, 0) is 35.2 Å². The molecule has 1 atom stereocenters. The van der Waals surface area contributed by atoms with Crippen LogP contribution in [0.1, 0.15) is 50.7 Å². The van der Waals surface area contributed by atoms with E-state index < -0.39 is 17.5 Å². The van der Waals surface area contributed by atoms with E-state index in [2.05, 4.69) is 27.5 Å². The Morgan fingerprint density at radius 2 is 1.77 bits per heavy atom. The van der Waals surface area contributed by atoms with Gasteiger partial charge in [-0.1, -0.05) is 68.3 Å². The predicted octanol–water partition coefficient (Wildman–Crippen LogP) is 3.69. The standard InChI is InChI=1S/C28H32N8O3/c1-5-6-7-12-23-29-26-24(27(37)36(18(2)39-4)28(38)34(26)3)35(23)17-19-13-15-20(16-14-19)21-10-8-9-11-22(21)25-30-32-33-31-25/h8-11,13-16,18H,5-7,12,17H2,1-4H3,(H,30,31,32,33). The Hall–Kier alpha value is -4.38. The Morgan fingerprint density at radius 1 is 1.03 bits per heavy atom. The first-order valence-electron chi connectivity index (χ1n) is 13.1. The van der Waals surface area contributed by atoms with Crippen LogP contribution in [-0.2, 0) is 24.8 Å². The van der Waals surface area contributed by atoms with Crippen molar-refractivity contribution in [2.45, 2.75) is 52.3 Å². The minimum absolute atomic E-state index is 0.390. The van der Waals surface area contributed by atoms with E-state index in [0.29, 0.717) is 30.0 Å². The number of tetrazole rings is 1. The molecule has 0 fully saturated rings. The van der Waals surface area contributed by atoms with Gasteiger partial charge in [-0.2, -0.15) is 5.21 Å². The van der Waals surface area contributed by atoms with Crippen LogP contribution < -0.4 is 11.2 Å². The Morgan fingerprint density at radius 3 is 2.44 bits per heavy atom. The number of fused-ring (bicyclic) bond motifs is 1. The summed E-state index contributed by atoms with van der Waals surface area (Å²) in [5.41, 5.74) is 3.83. The summed E-state index contributed by atoms with van der Waals surface area (Å²) in [6.45, 7) is 4.28. The molecule has 202 valence electrons. The van der Waals surface area contributed by atoms with Crippen molar-refractivity contribution in [2.75, 3.05) is 7.11 Å². The number of aryl methyl sites for hydroxylation is 2. The summed E-state index contributed by atoms with van der Waals surface area (Å²) in [6, 6.07) is 16.1. The predicted molar refractivity (Wildman–Crippen MR) is 148 cm³/mol. The van der Waals surface area contributed by atoms with E-state index in [9.17, 15) is 9.59 Å². The highest BCUT2D eigenvalue weighted by Crippen LogP contribution is 2.30. The van der Waals surface area contributed by atoms with Gasteiger partial charge in [0.15, 0.2) is 11.2 Å². The lowest BCUT2D eigenvalue weighted by molar-refractivity contribution is 0.0533. The molecule has 0 bridgehead atoms. The van der Waals surface area contributed by atoms with Gasteiger partial charge in [0.05, 0.1) is 0 Å². The van der Waals surface area contributed by atoms with Crippen molar-refractivity contribution in [1.29, 1.82) is 0 Å². The number of aromatic nitrogens is 8. The molecule has 2 aromatic carbocycles. The van der Waals surface area contributed by atoms with Crippen LogP contribution in [0.2, 0.25) is 0 Å². The smallest absolute Gasteiger partial charge is 0.334 e. The molecule has 0 aliphatic rings. The number of imidazole rings is 1. The van der Waals surface area contributed by atoms with Crippen molar-refractivity contribution < 1.29 is 4.74 Å². The van der Waals surface area contributed by atoms with E-state index in [-0.39, 0.29) is 0 Å². The van der Waals surface area contributed by atoms with E-state index in [4.69, 9.17) is 9.72 Å². The molecule has 0 spiro atoms. The maximum atomic E-state index is 13.6. The molecule has 5 aromatic rings.